The normalized spacial score (nSPS) is 15.4. The Morgan fingerprint density at radius 3 is 2.81 bits per heavy atom. The maximum Gasteiger partial charge on any atom is 0.419 e. The smallest absolute Gasteiger partial charge is 0.419 e. The second-order valence-electron chi connectivity index (χ2n) is 6.11. The van der Waals surface area contributed by atoms with Crippen LogP contribution < -0.4 is 10.5 Å². The first kappa shape index (κ1) is 17.3. The molecule has 138 valence electrons. The van der Waals surface area contributed by atoms with Crippen molar-refractivity contribution in [1.29, 1.82) is 5.26 Å². The second-order valence-corrected chi connectivity index (χ2v) is 8.05. The van der Waals surface area contributed by atoms with Gasteiger partial charge in [-0.05, 0) is 24.3 Å². The Hall–Kier alpha value is -3.16. The second kappa shape index (κ2) is 6.22. The lowest BCUT2D eigenvalue weighted by Crippen LogP contribution is -2.56. The van der Waals surface area contributed by atoms with Gasteiger partial charge in [0.1, 0.15) is 6.10 Å². The van der Waals surface area contributed by atoms with Crippen LogP contribution in [0, 0.1) is 11.3 Å². The number of hydrogen-bond acceptors (Lipinski definition) is 7. The van der Waals surface area contributed by atoms with E-state index < -0.39 is 15.8 Å². The summed E-state index contributed by atoms with van der Waals surface area (Å²) < 4.78 is 38.7. The van der Waals surface area contributed by atoms with Gasteiger partial charge in [0.15, 0.2) is 5.58 Å². The summed E-state index contributed by atoms with van der Waals surface area (Å²) in [4.78, 5) is 15.7. The summed E-state index contributed by atoms with van der Waals surface area (Å²) in [6.07, 6.45) is 1.12. The van der Waals surface area contributed by atoms with Crippen molar-refractivity contribution in [3.8, 4) is 11.9 Å². The van der Waals surface area contributed by atoms with Gasteiger partial charge in [0.2, 0.25) is 15.9 Å². The van der Waals surface area contributed by atoms with Crippen LogP contribution in [0.4, 0.5) is 0 Å². The number of pyridine rings is 1. The molecule has 3 heterocycles. The topological polar surface area (TPSA) is 118 Å². The highest BCUT2D eigenvalue weighted by atomic mass is 32.2. The van der Waals surface area contributed by atoms with Gasteiger partial charge < -0.3 is 9.15 Å². The molecule has 2 aromatic heterocycles. The third-order valence-electron chi connectivity index (χ3n) is 4.37. The highest BCUT2D eigenvalue weighted by Gasteiger charge is 2.38. The van der Waals surface area contributed by atoms with E-state index in [9.17, 15) is 13.2 Å². The summed E-state index contributed by atoms with van der Waals surface area (Å²) >= 11 is 0. The number of aromatic nitrogens is 2. The van der Waals surface area contributed by atoms with Gasteiger partial charge in [-0.2, -0.15) is 9.57 Å². The lowest BCUT2D eigenvalue weighted by atomic mass is 10.2. The fraction of sp³-hybridized carbons (Fsp3) is 0.235. The molecule has 9 nitrogen and oxygen atoms in total. The molecule has 10 heteroatoms. The van der Waals surface area contributed by atoms with Crippen LogP contribution in [-0.2, 0) is 17.1 Å². The van der Waals surface area contributed by atoms with E-state index >= 15 is 0 Å². The third-order valence-corrected chi connectivity index (χ3v) is 6.19. The molecule has 1 aliphatic rings. The number of aryl methyl sites for hydroxylation is 1. The molecule has 0 N–H and O–H groups in total. The lowest BCUT2D eigenvalue weighted by molar-refractivity contribution is 0.0721. The fourth-order valence-electron chi connectivity index (χ4n) is 2.80. The molecule has 1 fully saturated rings. The number of ether oxygens (including phenoxy) is 1. The molecule has 1 aromatic carbocycles. The minimum absolute atomic E-state index is 0.0782. The van der Waals surface area contributed by atoms with E-state index in [-0.39, 0.29) is 30.0 Å². The maximum absolute atomic E-state index is 12.8. The highest BCUT2D eigenvalue weighted by molar-refractivity contribution is 7.89. The largest absolute Gasteiger partial charge is 0.471 e. The van der Waals surface area contributed by atoms with E-state index in [0.29, 0.717) is 16.7 Å². The van der Waals surface area contributed by atoms with Gasteiger partial charge in [0, 0.05) is 19.3 Å². The molecule has 0 saturated carbocycles. The first-order valence-electron chi connectivity index (χ1n) is 8.01. The van der Waals surface area contributed by atoms with Crippen LogP contribution in [0.2, 0.25) is 0 Å². The molecule has 0 amide bonds. The van der Waals surface area contributed by atoms with E-state index in [1.807, 2.05) is 6.07 Å². The number of rotatable bonds is 4. The zero-order valence-corrected chi connectivity index (χ0v) is 15.0. The molecule has 1 aliphatic heterocycles. The lowest BCUT2D eigenvalue weighted by Gasteiger charge is -2.37. The molecule has 0 bridgehead atoms. The zero-order chi connectivity index (χ0) is 19.2. The minimum Gasteiger partial charge on any atom is -0.471 e. The maximum atomic E-state index is 12.8. The monoisotopic (exact) mass is 386 g/mol. The first-order chi connectivity index (χ1) is 12.9. The van der Waals surface area contributed by atoms with Crippen molar-refractivity contribution < 1.29 is 17.6 Å². The molecule has 0 aliphatic carbocycles. The van der Waals surface area contributed by atoms with Crippen LogP contribution in [0.3, 0.4) is 0 Å². The number of hydrogen-bond donors (Lipinski definition) is 0. The third kappa shape index (κ3) is 2.97. The molecule has 27 heavy (non-hydrogen) atoms. The zero-order valence-electron chi connectivity index (χ0n) is 14.2. The van der Waals surface area contributed by atoms with Crippen molar-refractivity contribution in [3.63, 3.8) is 0 Å². The Balaban J connectivity index is 1.50. The average molecular weight is 386 g/mol. The summed E-state index contributed by atoms with van der Waals surface area (Å²) in [5, 5.41) is 8.89. The number of nitrogens with zero attached hydrogens (tertiary/aromatic N) is 4. The van der Waals surface area contributed by atoms with Crippen LogP contribution >= 0.6 is 0 Å². The van der Waals surface area contributed by atoms with Crippen molar-refractivity contribution in [1.82, 2.24) is 13.9 Å². The van der Waals surface area contributed by atoms with E-state index in [1.54, 1.807) is 6.07 Å². The van der Waals surface area contributed by atoms with Crippen molar-refractivity contribution in [2.24, 2.45) is 7.05 Å². The summed E-state index contributed by atoms with van der Waals surface area (Å²) in [5.74, 6) is -0.269. The fourth-order valence-corrected chi connectivity index (χ4v) is 4.33. The Morgan fingerprint density at radius 1 is 1.30 bits per heavy atom. The molecular weight excluding hydrogens is 372 g/mol. The molecule has 3 aromatic rings. The van der Waals surface area contributed by atoms with Gasteiger partial charge in [-0.3, -0.25) is 4.57 Å². The van der Waals surface area contributed by atoms with Crippen molar-refractivity contribution in [2.45, 2.75) is 11.0 Å². The molecule has 0 unspecified atom stereocenters. The highest BCUT2D eigenvalue weighted by Crippen LogP contribution is 2.26. The Morgan fingerprint density at radius 2 is 2.07 bits per heavy atom. The van der Waals surface area contributed by atoms with Gasteiger partial charge in [0.05, 0.1) is 35.1 Å². The molecule has 0 spiro atoms. The van der Waals surface area contributed by atoms with Crippen molar-refractivity contribution in [2.75, 3.05) is 13.1 Å². The Kier molecular flexibility index (Phi) is 3.98. The Labute approximate surface area is 154 Å². The van der Waals surface area contributed by atoms with Crippen LogP contribution in [-0.4, -0.2) is 41.5 Å². The first-order valence-corrected chi connectivity index (χ1v) is 9.45. The van der Waals surface area contributed by atoms with Crippen molar-refractivity contribution in [3.05, 3.63) is 52.6 Å². The SMILES string of the molecule is Cn1c(=O)oc2ccc(S(=O)(=O)N3CC(Oc4cc(C#N)ccn4)C3)cc21. The predicted octanol–water partition coefficient (Wildman–Crippen LogP) is 0.850. The van der Waals surface area contributed by atoms with Crippen LogP contribution in [0.25, 0.3) is 11.1 Å². The number of nitriles is 1. The molecule has 4 rings (SSSR count). The summed E-state index contributed by atoms with van der Waals surface area (Å²) in [6.45, 7) is 0.340. The van der Waals surface area contributed by atoms with E-state index in [4.69, 9.17) is 14.4 Å². The standard InChI is InChI=1S/C17H14N4O5S/c1-20-14-7-13(2-3-15(14)26-17(20)22)27(23,24)21-9-12(10-21)25-16-6-11(8-18)4-5-19-16/h2-7,12H,9-10H2,1H3. The number of benzene rings is 1. The predicted molar refractivity (Wildman–Crippen MR) is 93.6 cm³/mol. The van der Waals surface area contributed by atoms with E-state index in [0.717, 1.165) is 0 Å². The van der Waals surface area contributed by atoms with E-state index in [2.05, 4.69) is 4.98 Å². The van der Waals surface area contributed by atoms with Crippen molar-refractivity contribution >= 4 is 21.1 Å². The van der Waals surface area contributed by atoms with Gasteiger partial charge in [0.25, 0.3) is 0 Å². The van der Waals surface area contributed by atoms with Crippen LogP contribution in [0.15, 0.2) is 50.6 Å². The molecule has 0 atom stereocenters. The quantitative estimate of drug-likeness (QED) is 0.652. The molecule has 1 saturated heterocycles. The summed E-state index contributed by atoms with van der Waals surface area (Å²) in [7, 11) is -2.20. The average Bonchev–Trinajstić information content (AvgIpc) is 2.91. The number of sulfonamides is 1. The summed E-state index contributed by atoms with van der Waals surface area (Å²) in [5.41, 5.74) is 1.16. The van der Waals surface area contributed by atoms with E-state index in [1.165, 1.54) is 46.4 Å². The van der Waals surface area contributed by atoms with Gasteiger partial charge >= 0.3 is 5.76 Å². The van der Waals surface area contributed by atoms with Gasteiger partial charge in [-0.1, -0.05) is 0 Å². The van der Waals surface area contributed by atoms with Crippen LogP contribution in [0.5, 0.6) is 5.88 Å². The Bertz CT molecular complexity index is 1230. The van der Waals surface area contributed by atoms with Gasteiger partial charge in [-0.15, -0.1) is 0 Å². The van der Waals surface area contributed by atoms with Gasteiger partial charge in [-0.25, -0.2) is 18.2 Å². The minimum atomic E-state index is -3.72. The number of fused-ring (bicyclic) bond motifs is 1. The summed E-state index contributed by atoms with van der Waals surface area (Å²) in [6, 6.07) is 9.35. The van der Waals surface area contributed by atoms with Crippen LogP contribution in [0.1, 0.15) is 5.56 Å². The number of oxazole rings is 1. The molecule has 0 radical (unpaired) electrons. The molecular formula is C17H14N4O5S.